The van der Waals surface area contributed by atoms with Gasteiger partial charge in [0.1, 0.15) is 13.2 Å². The molecular formula is C69H130O6. The Hall–Kier alpha value is -2.11. The summed E-state index contributed by atoms with van der Waals surface area (Å²) in [6, 6.07) is 0. The molecule has 0 amide bonds. The molecule has 0 radical (unpaired) electrons. The highest BCUT2D eigenvalue weighted by Gasteiger charge is 2.19. The van der Waals surface area contributed by atoms with E-state index in [0.29, 0.717) is 19.3 Å². The van der Waals surface area contributed by atoms with Crippen LogP contribution in [0.4, 0.5) is 0 Å². The highest BCUT2D eigenvalue weighted by Crippen LogP contribution is 2.18. The Morgan fingerprint density at radius 1 is 0.267 bits per heavy atom. The van der Waals surface area contributed by atoms with E-state index in [-0.39, 0.29) is 31.1 Å². The lowest BCUT2D eigenvalue weighted by Crippen LogP contribution is -2.30. The van der Waals surface area contributed by atoms with Crippen LogP contribution in [0, 0.1) is 0 Å². The van der Waals surface area contributed by atoms with Gasteiger partial charge in [-0.1, -0.05) is 334 Å². The molecule has 6 nitrogen and oxygen atoms in total. The van der Waals surface area contributed by atoms with E-state index in [1.54, 1.807) is 0 Å². The lowest BCUT2D eigenvalue weighted by atomic mass is 10.0. The molecule has 0 bridgehead atoms. The maximum Gasteiger partial charge on any atom is 0.306 e. The van der Waals surface area contributed by atoms with Crippen LogP contribution in [-0.4, -0.2) is 37.2 Å². The maximum absolute atomic E-state index is 12.9. The van der Waals surface area contributed by atoms with Crippen LogP contribution in [0.3, 0.4) is 0 Å². The summed E-state index contributed by atoms with van der Waals surface area (Å²) in [4.78, 5) is 38.3. The number of carbonyl (C=O) groups excluding carboxylic acids is 3. The molecule has 0 spiro atoms. The minimum atomic E-state index is -0.768. The van der Waals surface area contributed by atoms with Crippen molar-refractivity contribution >= 4 is 17.9 Å². The van der Waals surface area contributed by atoms with E-state index in [4.69, 9.17) is 14.2 Å². The van der Waals surface area contributed by atoms with Gasteiger partial charge >= 0.3 is 17.9 Å². The minimum Gasteiger partial charge on any atom is -0.462 e. The monoisotopic (exact) mass is 1050 g/mol. The van der Waals surface area contributed by atoms with Crippen molar-refractivity contribution in [2.24, 2.45) is 0 Å². The molecule has 0 fully saturated rings. The Kier molecular flexibility index (Phi) is 62.6. The van der Waals surface area contributed by atoms with Crippen LogP contribution < -0.4 is 0 Å². The molecule has 0 aliphatic heterocycles. The van der Waals surface area contributed by atoms with Gasteiger partial charge in [0.25, 0.3) is 0 Å². The number of allylic oxidation sites excluding steroid dienone is 4. The standard InChI is InChI=1S/C69H130O6/c1-4-7-10-13-16-19-22-25-27-29-31-33-35-37-38-40-42-44-47-50-53-56-59-62-68(71)74-65-66(64-73-67(70)61-58-55-52-49-46-24-21-18-15-12-9-6-3)75-69(72)63-60-57-54-51-48-45-43-41-39-36-34-32-30-28-26-23-20-17-14-11-8-5-2/h22,25,29,31,66H,4-21,23-24,26-28,30,32-65H2,1-3H3/b25-22-,31-29-. The lowest BCUT2D eigenvalue weighted by molar-refractivity contribution is -0.167. The summed E-state index contributed by atoms with van der Waals surface area (Å²) in [6.07, 6.45) is 77.7. The molecule has 0 heterocycles. The van der Waals surface area contributed by atoms with Crippen molar-refractivity contribution in [3.05, 3.63) is 24.3 Å². The van der Waals surface area contributed by atoms with Gasteiger partial charge in [-0.05, 0) is 51.4 Å². The first-order chi connectivity index (χ1) is 37.0. The Morgan fingerprint density at radius 2 is 0.480 bits per heavy atom. The fourth-order valence-electron chi connectivity index (χ4n) is 10.4. The zero-order valence-electron chi connectivity index (χ0n) is 50.8. The van der Waals surface area contributed by atoms with Gasteiger partial charge in [0.2, 0.25) is 0 Å². The van der Waals surface area contributed by atoms with Gasteiger partial charge in [-0.3, -0.25) is 14.4 Å². The Balaban J connectivity index is 4.23. The van der Waals surface area contributed by atoms with Crippen molar-refractivity contribution in [3.63, 3.8) is 0 Å². The van der Waals surface area contributed by atoms with Crippen molar-refractivity contribution < 1.29 is 28.6 Å². The SMILES string of the molecule is CCCCCCC/C=C\C/C=C\CCCCCCCCCCCCCC(=O)OCC(COC(=O)CCCCCCCCCCCCCC)OC(=O)CCCCCCCCCCCCCCCCCCCCCCCC. The molecule has 0 aliphatic carbocycles. The van der Waals surface area contributed by atoms with Crippen LogP contribution in [0.2, 0.25) is 0 Å². The van der Waals surface area contributed by atoms with Crippen LogP contribution in [-0.2, 0) is 28.6 Å². The molecule has 6 heteroatoms. The molecule has 1 unspecified atom stereocenters. The van der Waals surface area contributed by atoms with Gasteiger partial charge in [-0.25, -0.2) is 0 Å². The summed E-state index contributed by atoms with van der Waals surface area (Å²) < 4.78 is 17.0. The second kappa shape index (κ2) is 64.4. The average Bonchev–Trinajstić information content (AvgIpc) is 3.41. The van der Waals surface area contributed by atoms with E-state index in [9.17, 15) is 14.4 Å². The van der Waals surface area contributed by atoms with E-state index in [1.165, 1.54) is 276 Å². The van der Waals surface area contributed by atoms with E-state index in [1.807, 2.05) is 0 Å². The van der Waals surface area contributed by atoms with Gasteiger partial charge < -0.3 is 14.2 Å². The molecule has 0 saturated carbocycles. The van der Waals surface area contributed by atoms with Crippen LogP contribution in [0.15, 0.2) is 24.3 Å². The number of esters is 3. The first-order valence-electron chi connectivity index (χ1n) is 33.8. The molecule has 0 aromatic rings. The van der Waals surface area contributed by atoms with E-state index >= 15 is 0 Å². The molecule has 0 aromatic heterocycles. The number of unbranched alkanes of at least 4 members (excludes halogenated alkanes) is 48. The molecule has 0 aliphatic rings. The Labute approximate surface area is 468 Å². The first-order valence-corrected chi connectivity index (χ1v) is 33.8. The molecule has 0 N–H and O–H groups in total. The van der Waals surface area contributed by atoms with Gasteiger partial charge in [-0.2, -0.15) is 0 Å². The largest absolute Gasteiger partial charge is 0.462 e. The number of hydrogen-bond donors (Lipinski definition) is 0. The minimum absolute atomic E-state index is 0.0652. The number of carbonyl (C=O) groups is 3. The van der Waals surface area contributed by atoms with E-state index in [0.717, 1.165) is 64.2 Å². The van der Waals surface area contributed by atoms with E-state index < -0.39 is 6.10 Å². The summed E-state index contributed by atoms with van der Waals surface area (Å²) >= 11 is 0. The van der Waals surface area contributed by atoms with Crippen LogP contribution in [0.5, 0.6) is 0 Å². The zero-order valence-corrected chi connectivity index (χ0v) is 50.8. The van der Waals surface area contributed by atoms with Crippen molar-refractivity contribution in [2.75, 3.05) is 13.2 Å². The molecule has 0 rings (SSSR count). The van der Waals surface area contributed by atoms with Gasteiger partial charge in [0.05, 0.1) is 0 Å². The summed E-state index contributed by atoms with van der Waals surface area (Å²) in [6.45, 7) is 6.70. The summed E-state index contributed by atoms with van der Waals surface area (Å²) in [5.74, 6) is -0.837. The highest BCUT2D eigenvalue weighted by molar-refractivity contribution is 5.71. The van der Waals surface area contributed by atoms with Gasteiger partial charge in [0.15, 0.2) is 6.10 Å². The smallest absolute Gasteiger partial charge is 0.306 e. The summed E-state index contributed by atoms with van der Waals surface area (Å²) in [5, 5.41) is 0. The molecule has 0 saturated heterocycles. The normalized spacial score (nSPS) is 12.1. The molecule has 0 aromatic carbocycles. The fraction of sp³-hybridized carbons (Fsp3) is 0.899. The Bertz CT molecular complexity index is 1210. The number of ether oxygens (including phenoxy) is 3. The molecule has 442 valence electrons. The zero-order chi connectivity index (χ0) is 54.3. The third-order valence-corrected chi connectivity index (χ3v) is 15.5. The van der Waals surface area contributed by atoms with Crippen LogP contribution in [0.1, 0.15) is 380 Å². The highest BCUT2D eigenvalue weighted by atomic mass is 16.6. The van der Waals surface area contributed by atoms with E-state index in [2.05, 4.69) is 45.1 Å². The van der Waals surface area contributed by atoms with Gasteiger partial charge in [0, 0.05) is 19.3 Å². The lowest BCUT2D eigenvalue weighted by Gasteiger charge is -2.18. The predicted molar refractivity (Wildman–Crippen MR) is 326 cm³/mol. The predicted octanol–water partition coefficient (Wildman–Crippen LogP) is 23.0. The summed E-state index contributed by atoms with van der Waals surface area (Å²) in [7, 11) is 0. The maximum atomic E-state index is 12.9. The topological polar surface area (TPSA) is 78.9 Å². The number of rotatable bonds is 63. The fourth-order valence-corrected chi connectivity index (χ4v) is 10.4. The van der Waals surface area contributed by atoms with Crippen LogP contribution in [0.25, 0.3) is 0 Å². The first kappa shape index (κ1) is 72.9. The number of hydrogen-bond acceptors (Lipinski definition) is 6. The van der Waals surface area contributed by atoms with Crippen molar-refractivity contribution in [1.29, 1.82) is 0 Å². The second-order valence-corrected chi connectivity index (χ2v) is 23.1. The average molecular weight is 1060 g/mol. The third-order valence-electron chi connectivity index (χ3n) is 15.5. The molecular weight excluding hydrogens is 925 g/mol. The van der Waals surface area contributed by atoms with Gasteiger partial charge in [-0.15, -0.1) is 0 Å². The molecule has 1 atom stereocenters. The Morgan fingerprint density at radius 3 is 0.733 bits per heavy atom. The van der Waals surface area contributed by atoms with Crippen LogP contribution >= 0.6 is 0 Å². The van der Waals surface area contributed by atoms with Crippen molar-refractivity contribution in [3.8, 4) is 0 Å². The van der Waals surface area contributed by atoms with Crippen molar-refractivity contribution in [2.45, 2.75) is 386 Å². The quantitative estimate of drug-likeness (QED) is 0.0261. The third kappa shape index (κ3) is 62.6. The summed E-state index contributed by atoms with van der Waals surface area (Å²) in [5.41, 5.74) is 0. The van der Waals surface area contributed by atoms with Crippen molar-refractivity contribution in [1.82, 2.24) is 0 Å². The second-order valence-electron chi connectivity index (χ2n) is 23.1. The molecule has 75 heavy (non-hydrogen) atoms.